The van der Waals surface area contributed by atoms with Crippen molar-refractivity contribution in [2.24, 2.45) is 5.92 Å². The molecule has 0 bridgehead atoms. The summed E-state index contributed by atoms with van der Waals surface area (Å²) in [7, 11) is -2.46. The van der Waals surface area contributed by atoms with E-state index >= 15 is 0 Å². The second kappa shape index (κ2) is 11.4. The van der Waals surface area contributed by atoms with Crippen LogP contribution in [0.25, 0.3) is 11.1 Å². The third kappa shape index (κ3) is 5.77. The maximum Gasteiger partial charge on any atom is 0.269 e. The molecular weight excluding hydrogens is 464 g/mol. The number of anilines is 1. The van der Waals surface area contributed by atoms with Gasteiger partial charge < -0.3 is 14.0 Å². The lowest BCUT2D eigenvalue weighted by atomic mass is 9.96. The number of rotatable bonds is 11. The molecule has 3 aromatic rings. The minimum atomic E-state index is -4.02. The lowest BCUT2D eigenvalue weighted by Crippen LogP contribution is -2.34. The van der Waals surface area contributed by atoms with Gasteiger partial charge in [-0.1, -0.05) is 73.3 Å². The minimum Gasteiger partial charge on any atom is -0.382 e. The maximum atomic E-state index is 14.0. The highest BCUT2D eigenvalue weighted by Crippen LogP contribution is 2.34. The summed E-state index contributed by atoms with van der Waals surface area (Å²) in [4.78, 5) is 0.187. The quantitative estimate of drug-likeness (QED) is 0.256. The SMILES string of the molecule is COCCOCN(c1onc(C)c1C)S(=O)(=O)c1ccccc1-c1ccc(CC2CCCC2)cc1. The van der Waals surface area contributed by atoms with Crippen LogP contribution in [0.4, 0.5) is 5.88 Å². The number of benzene rings is 2. The molecule has 0 spiro atoms. The van der Waals surface area contributed by atoms with Gasteiger partial charge in [-0.15, -0.1) is 0 Å². The molecule has 0 aliphatic heterocycles. The zero-order valence-electron chi connectivity index (χ0n) is 20.7. The summed E-state index contributed by atoms with van der Waals surface area (Å²) in [5.74, 6) is 0.912. The summed E-state index contributed by atoms with van der Waals surface area (Å²) < 4.78 is 45.2. The van der Waals surface area contributed by atoms with E-state index in [9.17, 15) is 8.42 Å². The Morgan fingerprint density at radius 1 is 1.03 bits per heavy atom. The first kappa shape index (κ1) is 25.4. The summed E-state index contributed by atoms with van der Waals surface area (Å²) in [5, 5.41) is 3.96. The van der Waals surface area contributed by atoms with Gasteiger partial charge in [0.2, 0.25) is 5.88 Å². The fourth-order valence-corrected chi connectivity index (χ4v) is 6.13. The van der Waals surface area contributed by atoms with Crippen LogP contribution in [0.5, 0.6) is 0 Å². The van der Waals surface area contributed by atoms with Gasteiger partial charge in [0.05, 0.1) is 23.8 Å². The summed E-state index contributed by atoms with van der Waals surface area (Å²) in [6, 6.07) is 15.3. The molecule has 1 aromatic heterocycles. The number of ether oxygens (including phenoxy) is 2. The van der Waals surface area contributed by atoms with Gasteiger partial charge in [0.25, 0.3) is 10.0 Å². The van der Waals surface area contributed by atoms with Crippen LogP contribution in [-0.4, -0.2) is 40.6 Å². The van der Waals surface area contributed by atoms with Crippen molar-refractivity contribution in [3.05, 3.63) is 65.4 Å². The fourth-order valence-electron chi connectivity index (χ4n) is 4.58. The molecule has 1 heterocycles. The lowest BCUT2D eigenvalue weighted by molar-refractivity contribution is 0.0744. The van der Waals surface area contributed by atoms with E-state index in [1.54, 1.807) is 33.1 Å². The van der Waals surface area contributed by atoms with E-state index < -0.39 is 10.0 Å². The fraction of sp³-hybridized carbons (Fsp3) is 0.444. The number of nitrogens with zero attached hydrogens (tertiary/aromatic N) is 2. The van der Waals surface area contributed by atoms with Crippen LogP contribution in [0.2, 0.25) is 0 Å². The van der Waals surface area contributed by atoms with Crippen LogP contribution in [-0.2, 0) is 25.9 Å². The highest BCUT2D eigenvalue weighted by atomic mass is 32.2. The Kier molecular flexibility index (Phi) is 8.26. The zero-order valence-corrected chi connectivity index (χ0v) is 21.5. The molecule has 35 heavy (non-hydrogen) atoms. The topological polar surface area (TPSA) is 81.9 Å². The van der Waals surface area contributed by atoms with Gasteiger partial charge in [0.15, 0.2) is 0 Å². The molecule has 1 fully saturated rings. The molecule has 1 aliphatic carbocycles. The first-order valence-corrected chi connectivity index (χ1v) is 13.6. The van der Waals surface area contributed by atoms with Crippen LogP contribution < -0.4 is 4.31 Å². The van der Waals surface area contributed by atoms with Crippen molar-refractivity contribution in [2.45, 2.75) is 50.8 Å². The standard InChI is InChI=1S/C27H34N2O5S/c1-20-21(2)28-34-27(20)29(19-33-17-16-32-3)35(30,31)26-11-7-6-10-25(26)24-14-12-23(13-15-24)18-22-8-4-5-9-22/h6-7,10-15,22H,4-5,8-9,16-19H2,1-3H3. The van der Waals surface area contributed by atoms with Crippen molar-refractivity contribution >= 4 is 15.9 Å². The molecule has 1 saturated carbocycles. The molecule has 0 saturated heterocycles. The average molecular weight is 499 g/mol. The Labute approximate surface area is 208 Å². The van der Waals surface area contributed by atoms with Crippen molar-refractivity contribution in [1.29, 1.82) is 0 Å². The van der Waals surface area contributed by atoms with E-state index in [-0.39, 0.29) is 24.1 Å². The second-order valence-corrected chi connectivity index (χ2v) is 11.0. The highest BCUT2D eigenvalue weighted by Gasteiger charge is 2.32. The molecule has 0 atom stereocenters. The lowest BCUT2D eigenvalue weighted by Gasteiger charge is -2.23. The average Bonchev–Trinajstić information content (AvgIpc) is 3.49. The number of sulfonamides is 1. The van der Waals surface area contributed by atoms with Gasteiger partial charge in [-0.25, -0.2) is 12.7 Å². The van der Waals surface area contributed by atoms with Crippen molar-refractivity contribution < 1.29 is 22.4 Å². The van der Waals surface area contributed by atoms with Gasteiger partial charge in [0.1, 0.15) is 6.73 Å². The largest absolute Gasteiger partial charge is 0.382 e. The molecule has 0 amide bonds. The number of methoxy groups -OCH3 is 1. The van der Waals surface area contributed by atoms with E-state index in [2.05, 4.69) is 17.3 Å². The van der Waals surface area contributed by atoms with Crippen molar-refractivity contribution in [3.63, 3.8) is 0 Å². The Hall–Kier alpha value is -2.68. The van der Waals surface area contributed by atoms with Gasteiger partial charge in [0, 0.05) is 18.2 Å². The van der Waals surface area contributed by atoms with Crippen LogP contribution in [0.15, 0.2) is 57.9 Å². The number of aromatic nitrogens is 1. The molecule has 2 aromatic carbocycles. The minimum absolute atomic E-state index is 0.154. The first-order valence-electron chi connectivity index (χ1n) is 12.1. The van der Waals surface area contributed by atoms with Gasteiger partial charge in [-0.2, -0.15) is 0 Å². The number of hydrogen-bond acceptors (Lipinski definition) is 6. The molecule has 0 radical (unpaired) electrons. The van der Waals surface area contributed by atoms with Crippen LogP contribution in [0.3, 0.4) is 0 Å². The molecule has 4 rings (SSSR count). The van der Waals surface area contributed by atoms with Gasteiger partial charge >= 0.3 is 0 Å². The van der Waals surface area contributed by atoms with Crippen LogP contribution >= 0.6 is 0 Å². The third-order valence-corrected chi connectivity index (χ3v) is 8.48. The normalized spacial score (nSPS) is 14.5. The van der Waals surface area contributed by atoms with Crippen LogP contribution in [0.1, 0.15) is 42.5 Å². The Bertz CT molecular complexity index is 1210. The van der Waals surface area contributed by atoms with Gasteiger partial charge in [-0.3, -0.25) is 0 Å². The molecule has 8 heteroatoms. The van der Waals surface area contributed by atoms with Gasteiger partial charge in [-0.05, 0) is 43.4 Å². The second-order valence-electron chi connectivity index (χ2n) is 9.13. The molecule has 7 nitrogen and oxygen atoms in total. The van der Waals surface area contributed by atoms with E-state index in [1.807, 2.05) is 24.3 Å². The summed E-state index contributed by atoms with van der Waals surface area (Å²) >= 11 is 0. The van der Waals surface area contributed by atoms with E-state index in [1.165, 1.54) is 31.2 Å². The summed E-state index contributed by atoms with van der Waals surface area (Å²) in [6.07, 6.45) is 6.32. The monoisotopic (exact) mass is 498 g/mol. The zero-order chi connectivity index (χ0) is 24.8. The highest BCUT2D eigenvalue weighted by molar-refractivity contribution is 7.93. The number of aryl methyl sites for hydroxylation is 1. The van der Waals surface area contributed by atoms with Crippen LogP contribution in [0, 0.1) is 19.8 Å². The Morgan fingerprint density at radius 3 is 2.40 bits per heavy atom. The molecule has 188 valence electrons. The predicted octanol–water partition coefficient (Wildman–Crippen LogP) is 5.51. The molecular formula is C27H34N2O5S. The molecule has 0 N–H and O–H groups in total. The van der Waals surface area contributed by atoms with E-state index in [4.69, 9.17) is 14.0 Å². The molecule has 0 unspecified atom stereocenters. The smallest absolute Gasteiger partial charge is 0.269 e. The number of hydrogen-bond donors (Lipinski definition) is 0. The van der Waals surface area contributed by atoms with Crippen molar-refractivity contribution in [2.75, 3.05) is 31.4 Å². The third-order valence-electron chi connectivity index (χ3n) is 6.72. The predicted molar refractivity (Wildman–Crippen MR) is 136 cm³/mol. The Balaban J connectivity index is 1.66. The van der Waals surface area contributed by atoms with Crippen molar-refractivity contribution in [1.82, 2.24) is 5.16 Å². The van der Waals surface area contributed by atoms with E-state index in [0.717, 1.165) is 22.2 Å². The Morgan fingerprint density at radius 2 is 1.74 bits per heavy atom. The molecule has 1 aliphatic rings. The summed E-state index contributed by atoms with van der Waals surface area (Å²) in [5.41, 5.74) is 4.06. The van der Waals surface area contributed by atoms with Crippen molar-refractivity contribution in [3.8, 4) is 11.1 Å². The van der Waals surface area contributed by atoms with E-state index in [0.29, 0.717) is 23.4 Å². The summed E-state index contributed by atoms with van der Waals surface area (Å²) in [6.45, 7) is 3.95. The maximum absolute atomic E-state index is 14.0. The first-order chi connectivity index (χ1) is 16.9.